The number of nitrogens with one attached hydrogen (secondary N) is 1. The molecule has 0 bridgehead atoms. The maximum atomic E-state index is 10.9. The fourth-order valence-electron chi connectivity index (χ4n) is 2.66. The van der Waals surface area contributed by atoms with Crippen LogP contribution in [0.15, 0.2) is 18.2 Å². The SMILES string of the molecule is O=C(O)C1CCN(Cc2nc3ccc(Cl)cc3[nH]2)CC1. The van der Waals surface area contributed by atoms with Crippen LogP contribution in [0, 0.1) is 5.92 Å². The topological polar surface area (TPSA) is 69.2 Å². The van der Waals surface area contributed by atoms with Crippen molar-refractivity contribution in [2.75, 3.05) is 13.1 Å². The van der Waals surface area contributed by atoms with Crippen molar-refractivity contribution in [3.05, 3.63) is 29.0 Å². The first-order chi connectivity index (χ1) is 9.61. The number of H-pyrrole nitrogens is 1. The van der Waals surface area contributed by atoms with Gasteiger partial charge in [0.05, 0.1) is 23.5 Å². The number of piperidine rings is 1. The number of hydrogen-bond acceptors (Lipinski definition) is 3. The number of hydrogen-bond donors (Lipinski definition) is 2. The Morgan fingerprint density at radius 2 is 2.20 bits per heavy atom. The summed E-state index contributed by atoms with van der Waals surface area (Å²) in [5.41, 5.74) is 1.85. The average molecular weight is 294 g/mol. The first kappa shape index (κ1) is 13.4. The van der Waals surface area contributed by atoms with Crippen LogP contribution >= 0.6 is 11.6 Å². The zero-order chi connectivity index (χ0) is 14.1. The van der Waals surface area contributed by atoms with Crippen LogP contribution in [0.1, 0.15) is 18.7 Å². The highest BCUT2D eigenvalue weighted by atomic mass is 35.5. The van der Waals surface area contributed by atoms with Gasteiger partial charge in [-0.1, -0.05) is 11.6 Å². The van der Waals surface area contributed by atoms with E-state index in [1.165, 1.54) is 0 Å². The van der Waals surface area contributed by atoms with Gasteiger partial charge >= 0.3 is 5.97 Å². The van der Waals surface area contributed by atoms with Crippen molar-refractivity contribution in [1.29, 1.82) is 0 Å². The minimum absolute atomic E-state index is 0.194. The van der Waals surface area contributed by atoms with Gasteiger partial charge in [-0.2, -0.15) is 0 Å². The van der Waals surface area contributed by atoms with E-state index in [9.17, 15) is 4.79 Å². The molecule has 1 fully saturated rings. The number of carboxylic acid groups (broad SMARTS) is 1. The molecule has 5 nitrogen and oxygen atoms in total. The second kappa shape index (κ2) is 5.42. The Balaban J connectivity index is 1.66. The molecule has 0 unspecified atom stereocenters. The van der Waals surface area contributed by atoms with Crippen LogP contribution in [0.2, 0.25) is 5.02 Å². The molecule has 20 heavy (non-hydrogen) atoms. The van der Waals surface area contributed by atoms with Gasteiger partial charge < -0.3 is 10.1 Å². The van der Waals surface area contributed by atoms with Crippen molar-refractivity contribution in [2.24, 2.45) is 5.92 Å². The summed E-state index contributed by atoms with van der Waals surface area (Å²) in [5, 5.41) is 9.68. The van der Waals surface area contributed by atoms with Crippen molar-refractivity contribution >= 4 is 28.6 Å². The molecule has 0 aliphatic carbocycles. The molecule has 2 N–H and O–H groups in total. The summed E-state index contributed by atoms with van der Waals surface area (Å²) < 4.78 is 0. The van der Waals surface area contributed by atoms with Gasteiger partial charge in [0, 0.05) is 5.02 Å². The lowest BCUT2D eigenvalue weighted by atomic mass is 9.97. The van der Waals surface area contributed by atoms with Crippen LogP contribution in [0.3, 0.4) is 0 Å². The monoisotopic (exact) mass is 293 g/mol. The van der Waals surface area contributed by atoms with E-state index in [4.69, 9.17) is 16.7 Å². The molecule has 1 aliphatic heterocycles. The highest BCUT2D eigenvalue weighted by Crippen LogP contribution is 2.21. The molecule has 0 amide bonds. The number of carboxylic acids is 1. The largest absolute Gasteiger partial charge is 0.481 e. The molecule has 1 saturated heterocycles. The molecule has 2 heterocycles. The van der Waals surface area contributed by atoms with E-state index < -0.39 is 5.97 Å². The molecule has 0 radical (unpaired) electrons. The second-order valence-electron chi connectivity index (χ2n) is 5.23. The van der Waals surface area contributed by atoms with Crippen molar-refractivity contribution in [3.8, 4) is 0 Å². The maximum Gasteiger partial charge on any atom is 0.306 e. The molecule has 2 aromatic rings. The molecule has 3 rings (SSSR count). The Hall–Kier alpha value is -1.59. The van der Waals surface area contributed by atoms with Gasteiger partial charge in [-0.05, 0) is 44.1 Å². The molecule has 0 atom stereocenters. The first-order valence-electron chi connectivity index (χ1n) is 6.71. The number of rotatable bonds is 3. The number of carbonyl (C=O) groups is 1. The number of aromatic nitrogens is 2. The summed E-state index contributed by atoms with van der Waals surface area (Å²) in [6, 6.07) is 5.59. The number of nitrogens with zero attached hydrogens (tertiary/aromatic N) is 2. The quantitative estimate of drug-likeness (QED) is 0.912. The number of likely N-dealkylation sites (tertiary alicyclic amines) is 1. The van der Waals surface area contributed by atoms with Crippen LogP contribution in [-0.2, 0) is 11.3 Å². The van der Waals surface area contributed by atoms with Crippen LogP contribution in [0.5, 0.6) is 0 Å². The van der Waals surface area contributed by atoms with E-state index in [-0.39, 0.29) is 5.92 Å². The fraction of sp³-hybridized carbons (Fsp3) is 0.429. The third-order valence-electron chi connectivity index (χ3n) is 3.80. The molecule has 106 valence electrons. The number of halogens is 1. The predicted molar refractivity (Wildman–Crippen MR) is 76.7 cm³/mol. The first-order valence-corrected chi connectivity index (χ1v) is 7.09. The molecule has 6 heteroatoms. The minimum atomic E-state index is -0.678. The summed E-state index contributed by atoms with van der Waals surface area (Å²) >= 11 is 5.95. The molecule has 1 aromatic carbocycles. The zero-order valence-electron chi connectivity index (χ0n) is 11.0. The lowest BCUT2D eigenvalue weighted by Gasteiger charge is -2.29. The van der Waals surface area contributed by atoms with E-state index >= 15 is 0 Å². The Morgan fingerprint density at radius 3 is 2.90 bits per heavy atom. The summed E-state index contributed by atoms with van der Waals surface area (Å²) in [7, 11) is 0. The Labute approximate surface area is 121 Å². The van der Waals surface area contributed by atoms with Gasteiger partial charge in [0.25, 0.3) is 0 Å². The standard InChI is InChI=1S/C14H16ClN3O2/c15-10-1-2-11-12(7-10)17-13(16-11)8-18-5-3-9(4-6-18)14(19)20/h1-2,7,9H,3-6,8H2,(H,16,17)(H,19,20). The van der Waals surface area contributed by atoms with E-state index in [1.54, 1.807) is 0 Å². The Morgan fingerprint density at radius 1 is 1.45 bits per heavy atom. The van der Waals surface area contributed by atoms with Crippen LogP contribution in [-0.4, -0.2) is 39.0 Å². The third-order valence-corrected chi connectivity index (χ3v) is 4.04. The maximum absolute atomic E-state index is 10.9. The predicted octanol–water partition coefficient (Wildman–Crippen LogP) is 2.51. The number of aromatic amines is 1. The third kappa shape index (κ3) is 2.78. The van der Waals surface area contributed by atoms with Crippen molar-refractivity contribution in [2.45, 2.75) is 19.4 Å². The second-order valence-corrected chi connectivity index (χ2v) is 5.67. The van der Waals surface area contributed by atoms with Crippen molar-refractivity contribution in [3.63, 3.8) is 0 Å². The molecular weight excluding hydrogens is 278 g/mol. The molecule has 1 aliphatic rings. The van der Waals surface area contributed by atoms with Gasteiger partial charge in [-0.15, -0.1) is 0 Å². The number of fused-ring (bicyclic) bond motifs is 1. The van der Waals surface area contributed by atoms with Crippen molar-refractivity contribution < 1.29 is 9.90 Å². The highest BCUT2D eigenvalue weighted by Gasteiger charge is 2.24. The molecule has 1 aromatic heterocycles. The smallest absolute Gasteiger partial charge is 0.306 e. The molecule has 0 spiro atoms. The Kier molecular flexibility index (Phi) is 3.63. The van der Waals surface area contributed by atoms with E-state index in [2.05, 4.69) is 14.9 Å². The summed E-state index contributed by atoms with van der Waals surface area (Å²) in [4.78, 5) is 20.9. The van der Waals surface area contributed by atoms with E-state index in [0.29, 0.717) is 17.9 Å². The van der Waals surface area contributed by atoms with Gasteiger partial charge in [-0.3, -0.25) is 9.69 Å². The van der Waals surface area contributed by atoms with E-state index in [0.717, 1.165) is 36.5 Å². The Bertz CT molecular complexity index is 632. The summed E-state index contributed by atoms with van der Waals surface area (Å²) in [6.07, 6.45) is 1.42. The summed E-state index contributed by atoms with van der Waals surface area (Å²) in [6.45, 7) is 2.32. The molecular formula is C14H16ClN3O2. The van der Waals surface area contributed by atoms with Gasteiger partial charge in [0.2, 0.25) is 0 Å². The van der Waals surface area contributed by atoms with Crippen LogP contribution in [0.25, 0.3) is 11.0 Å². The van der Waals surface area contributed by atoms with Crippen LogP contribution < -0.4 is 0 Å². The fourth-order valence-corrected chi connectivity index (χ4v) is 2.83. The van der Waals surface area contributed by atoms with Crippen molar-refractivity contribution in [1.82, 2.24) is 14.9 Å². The van der Waals surface area contributed by atoms with Crippen LogP contribution in [0.4, 0.5) is 0 Å². The number of aliphatic carboxylic acids is 1. The van der Waals surface area contributed by atoms with Gasteiger partial charge in [0.15, 0.2) is 0 Å². The average Bonchev–Trinajstić information content (AvgIpc) is 2.80. The highest BCUT2D eigenvalue weighted by molar-refractivity contribution is 6.31. The lowest BCUT2D eigenvalue weighted by Crippen LogP contribution is -2.36. The van der Waals surface area contributed by atoms with Gasteiger partial charge in [0.1, 0.15) is 5.82 Å². The van der Waals surface area contributed by atoms with Gasteiger partial charge in [-0.25, -0.2) is 4.98 Å². The lowest BCUT2D eigenvalue weighted by molar-refractivity contribution is -0.143. The normalized spacial score (nSPS) is 17.6. The van der Waals surface area contributed by atoms with E-state index in [1.807, 2.05) is 18.2 Å². The molecule has 0 saturated carbocycles. The number of imidazole rings is 1. The summed E-state index contributed by atoms with van der Waals surface area (Å²) in [5.74, 6) is 0.0276. The minimum Gasteiger partial charge on any atom is -0.481 e. The number of benzene rings is 1. The zero-order valence-corrected chi connectivity index (χ0v) is 11.7.